The van der Waals surface area contributed by atoms with E-state index >= 15 is 0 Å². The summed E-state index contributed by atoms with van der Waals surface area (Å²) in [6, 6.07) is 1.97. The number of thiophene rings is 1. The number of hydrogen-bond acceptors (Lipinski definition) is 3. The van der Waals surface area contributed by atoms with Crippen LogP contribution in [0.3, 0.4) is 0 Å². The van der Waals surface area contributed by atoms with Gasteiger partial charge in [0, 0.05) is 16.8 Å². The first-order chi connectivity index (χ1) is 9.79. The largest absolute Gasteiger partial charge is 0.481 e. The number of carboxylic acid groups (broad SMARTS) is 1. The van der Waals surface area contributed by atoms with E-state index in [1.54, 1.807) is 11.3 Å². The Bertz CT molecular complexity index is 506. The van der Waals surface area contributed by atoms with Gasteiger partial charge < -0.3 is 10.4 Å². The molecule has 21 heavy (non-hydrogen) atoms. The zero-order chi connectivity index (χ0) is 16.0. The summed E-state index contributed by atoms with van der Waals surface area (Å²) in [6.45, 7) is 7.94. The van der Waals surface area contributed by atoms with Gasteiger partial charge in [0.25, 0.3) is 5.91 Å². The standard InChI is InChI=1S/C16H25NO3S/c1-5-7-12-11(6-2)10-13(21-12)15(20)17-16(3,4)9-8-14(18)19/h10H,5-9H2,1-4H3,(H,17,20)(H,18,19). The van der Waals surface area contributed by atoms with Gasteiger partial charge in [-0.05, 0) is 44.7 Å². The molecule has 0 atom stereocenters. The fourth-order valence-electron chi connectivity index (χ4n) is 2.17. The molecule has 0 bridgehead atoms. The molecule has 0 aromatic carbocycles. The second-order valence-corrected chi connectivity index (χ2v) is 7.03. The molecule has 0 unspecified atom stereocenters. The monoisotopic (exact) mass is 311 g/mol. The van der Waals surface area contributed by atoms with Crippen LogP contribution in [0.4, 0.5) is 0 Å². The molecule has 1 amide bonds. The summed E-state index contributed by atoms with van der Waals surface area (Å²) < 4.78 is 0. The topological polar surface area (TPSA) is 66.4 Å². The third-order valence-corrected chi connectivity index (χ3v) is 4.63. The molecule has 118 valence electrons. The number of nitrogens with one attached hydrogen (secondary N) is 1. The molecular weight excluding hydrogens is 286 g/mol. The molecule has 1 rings (SSSR count). The Hall–Kier alpha value is -1.36. The maximum absolute atomic E-state index is 12.3. The Labute approximate surface area is 130 Å². The van der Waals surface area contributed by atoms with Crippen molar-refractivity contribution in [3.63, 3.8) is 0 Å². The number of carbonyl (C=O) groups excluding carboxylic acids is 1. The number of rotatable bonds is 8. The highest BCUT2D eigenvalue weighted by Crippen LogP contribution is 2.25. The van der Waals surface area contributed by atoms with Crippen molar-refractivity contribution in [1.82, 2.24) is 5.32 Å². The van der Waals surface area contributed by atoms with Crippen LogP contribution in [-0.4, -0.2) is 22.5 Å². The number of amides is 1. The van der Waals surface area contributed by atoms with E-state index in [4.69, 9.17) is 5.11 Å². The summed E-state index contributed by atoms with van der Waals surface area (Å²) in [6.07, 6.45) is 3.48. The molecule has 0 fully saturated rings. The van der Waals surface area contributed by atoms with E-state index in [1.165, 1.54) is 10.4 Å². The van der Waals surface area contributed by atoms with Gasteiger partial charge in [-0.1, -0.05) is 20.3 Å². The average Bonchev–Trinajstić information content (AvgIpc) is 2.80. The van der Waals surface area contributed by atoms with Gasteiger partial charge in [0.15, 0.2) is 0 Å². The minimum Gasteiger partial charge on any atom is -0.481 e. The highest BCUT2D eigenvalue weighted by molar-refractivity contribution is 7.14. The summed E-state index contributed by atoms with van der Waals surface area (Å²) in [5, 5.41) is 11.7. The van der Waals surface area contributed by atoms with Crippen LogP contribution >= 0.6 is 11.3 Å². The third-order valence-electron chi connectivity index (χ3n) is 3.39. The van der Waals surface area contributed by atoms with Crippen LogP contribution in [0, 0.1) is 0 Å². The van der Waals surface area contributed by atoms with Crippen molar-refractivity contribution in [3.8, 4) is 0 Å². The van der Waals surface area contributed by atoms with Crippen LogP contribution < -0.4 is 5.32 Å². The second kappa shape index (κ2) is 7.59. The highest BCUT2D eigenvalue weighted by Gasteiger charge is 2.23. The molecule has 0 saturated heterocycles. The van der Waals surface area contributed by atoms with E-state index in [1.807, 2.05) is 19.9 Å². The third kappa shape index (κ3) is 5.50. The predicted molar refractivity (Wildman–Crippen MR) is 86.1 cm³/mol. The SMILES string of the molecule is CCCc1sc(C(=O)NC(C)(C)CCC(=O)O)cc1CC. The number of carbonyl (C=O) groups is 2. The maximum Gasteiger partial charge on any atom is 0.303 e. The molecule has 1 aromatic heterocycles. The maximum atomic E-state index is 12.3. The van der Waals surface area contributed by atoms with E-state index in [0.717, 1.165) is 24.1 Å². The number of aryl methyl sites for hydroxylation is 2. The van der Waals surface area contributed by atoms with Crippen molar-refractivity contribution in [3.05, 3.63) is 21.4 Å². The molecule has 2 N–H and O–H groups in total. The lowest BCUT2D eigenvalue weighted by molar-refractivity contribution is -0.137. The Kier molecular flexibility index (Phi) is 6.40. The quantitative estimate of drug-likeness (QED) is 0.770. The molecule has 0 aliphatic heterocycles. The Morgan fingerprint density at radius 1 is 1.33 bits per heavy atom. The lowest BCUT2D eigenvalue weighted by Gasteiger charge is -2.25. The first-order valence-corrected chi connectivity index (χ1v) is 8.26. The minimum atomic E-state index is -0.841. The fourth-order valence-corrected chi connectivity index (χ4v) is 3.42. The van der Waals surface area contributed by atoms with Gasteiger partial charge in [0.1, 0.15) is 0 Å². The Balaban J connectivity index is 2.76. The van der Waals surface area contributed by atoms with Crippen molar-refractivity contribution in [2.45, 2.75) is 65.3 Å². The molecule has 1 heterocycles. The van der Waals surface area contributed by atoms with Gasteiger partial charge in [-0.2, -0.15) is 0 Å². The van der Waals surface area contributed by atoms with Gasteiger partial charge in [-0.25, -0.2) is 0 Å². The lowest BCUT2D eigenvalue weighted by atomic mass is 9.98. The molecule has 1 aromatic rings. The fraction of sp³-hybridized carbons (Fsp3) is 0.625. The van der Waals surface area contributed by atoms with Crippen LogP contribution in [0.1, 0.15) is 67.1 Å². The number of hydrogen-bond donors (Lipinski definition) is 2. The smallest absolute Gasteiger partial charge is 0.303 e. The minimum absolute atomic E-state index is 0.0546. The molecule has 0 aliphatic rings. The van der Waals surface area contributed by atoms with Crippen LogP contribution in [0.2, 0.25) is 0 Å². The number of aliphatic carboxylic acids is 1. The van der Waals surface area contributed by atoms with Crippen molar-refractivity contribution in [2.24, 2.45) is 0 Å². The zero-order valence-electron chi connectivity index (χ0n) is 13.3. The van der Waals surface area contributed by atoms with E-state index in [2.05, 4.69) is 19.2 Å². The van der Waals surface area contributed by atoms with Crippen LogP contribution in [-0.2, 0) is 17.6 Å². The molecular formula is C16H25NO3S. The van der Waals surface area contributed by atoms with Crippen LogP contribution in [0.15, 0.2) is 6.07 Å². The normalized spacial score (nSPS) is 11.4. The average molecular weight is 311 g/mol. The Morgan fingerprint density at radius 3 is 2.52 bits per heavy atom. The summed E-state index contributed by atoms with van der Waals surface area (Å²) >= 11 is 1.55. The molecule has 0 saturated carbocycles. The van der Waals surface area contributed by atoms with Crippen molar-refractivity contribution < 1.29 is 14.7 Å². The number of carboxylic acids is 1. The van der Waals surface area contributed by atoms with Gasteiger partial charge in [-0.15, -0.1) is 11.3 Å². The first-order valence-electron chi connectivity index (χ1n) is 7.45. The van der Waals surface area contributed by atoms with Crippen molar-refractivity contribution in [1.29, 1.82) is 0 Å². The van der Waals surface area contributed by atoms with Gasteiger partial charge in [0.2, 0.25) is 0 Å². The summed E-state index contributed by atoms with van der Waals surface area (Å²) in [5.74, 6) is -0.945. The summed E-state index contributed by atoms with van der Waals surface area (Å²) in [4.78, 5) is 25.0. The van der Waals surface area contributed by atoms with Crippen LogP contribution in [0.25, 0.3) is 0 Å². The van der Waals surface area contributed by atoms with Crippen molar-refractivity contribution >= 4 is 23.2 Å². The molecule has 0 spiro atoms. The predicted octanol–water partition coefficient (Wildman–Crippen LogP) is 3.64. The molecule has 4 nitrogen and oxygen atoms in total. The summed E-state index contributed by atoms with van der Waals surface area (Å²) in [7, 11) is 0. The van der Waals surface area contributed by atoms with E-state index in [9.17, 15) is 9.59 Å². The highest BCUT2D eigenvalue weighted by atomic mass is 32.1. The zero-order valence-corrected chi connectivity index (χ0v) is 14.1. The van der Waals surface area contributed by atoms with Crippen molar-refractivity contribution in [2.75, 3.05) is 0 Å². The Morgan fingerprint density at radius 2 is 2.00 bits per heavy atom. The second-order valence-electron chi connectivity index (χ2n) is 5.89. The van der Waals surface area contributed by atoms with Gasteiger partial charge >= 0.3 is 5.97 Å². The van der Waals surface area contributed by atoms with Gasteiger partial charge in [0.05, 0.1) is 4.88 Å². The lowest BCUT2D eigenvalue weighted by Crippen LogP contribution is -2.43. The molecule has 0 radical (unpaired) electrons. The van der Waals surface area contributed by atoms with Gasteiger partial charge in [-0.3, -0.25) is 9.59 Å². The first kappa shape index (κ1) is 17.7. The van der Waals surface area contributed by atoms with E-state index in [0.29, 0.717) is 6.42 Å². The molecule has 5 heteroatoms. The van der Waals surface area contributed by atoms with Crippen LogP contribution in [0.5, 0.6) is 0 Å². The van der Waals surface area contributed by atoms with E-state index in [-0.39, 0.29) is 12.3 Å². The molecule has 0 aliphatic carbocycles. The summed E-state index contributed by atoms with van der Waals surface area (Å²) in [5.41, 5.74) is 0.729. The van der Waals surface area contributed by atoms with E-state index < -0.39 is 11.5 Å².